The Morgan fingerprint density at radius 3 is 2.78 bits per heavy atom. The number of non-ortho nitro benzene ring substituents is 1. The summed E-state index contributed by atoms with van der Waals surface area (Å²) >= 11 is 0. The van der Waals surface area contributed by atoms with E-state index in [0.29, 0.717) is 22.0 Å². The number of nitrogens with zero attached hydrogens (tertiary/aromatic N) is 1. The van der Waals surface area contributed by atoms with Crippen molar-refractivity contribution in [2.24, 2.45) is 0 Å². The molecule has 2 aromatic carbocycles. The maximum Gasteiger partial charge on any atom is 0.277 e. The molecular weight excluding hydrogens is 232 g/mol. The molecule has 5 heteroatoms. The number of aryl methyl sites for hydroxylation is 1. The van der Waals surface area contributed by atoms with E-state index >= 15 is 0 Å². The van der Waals surface area contributed by atoms with Crippen LogP contribution < -0.4 is 5.32 Å². The van der Waals surface area contributed by atoms with E-state index in [4.69, 9.17) is 0 Å². The van der Waals surface area contributed by atoms with Crippen LogP contribution in [0.2, 0.25) is 0 Å². The minimum absolute atomic E-state index is 0.0433. The molecule has 0 fully saturated rings. The topological polar surface area (TPSA) is 72.2 Å². The maximum atomic E-state index is 11.8. The van der Waals surface area contributed by atoms with Gasteiger partial charge in [0.25, 0.3) is 11.6 Å². The molecule has 0 atom stereocenters. The molecule has 0 unspecified atom stereocenters. The first-order valence-electron chi connectivity index (χ1n) is 5.67. The van der Waals surface area contributed by atoms with Crippen molar-refractivity contribution in [3.8, 4) is 0 Å². The van der Waals surface area contributed by atoms with Gasteiger partial charge in [0.2, 0.25) is 0 Å². The summed E-state index contributed by atoms with van der Waals surface area (Å²) in [6.07, 6.45) is 0.734. The summed E-state index contributed by atoms with van der Waals surface area (Å²) in [6.45, 7) is 1.95. The van der Waals surface area contributed by atoms with Crippen molar-refractivity contribution in [1.82, 2.24) is 0 Å². The van der Waals surface area contributed by atoms with E-state index < -0.39 is 4.92 Å². The molecule has 0 aliphatic carbocycles. The van der Waals surface area contributed by atoms with Crippen LogP contribution in [-0.2, 0) is 6.42 Å². The molecule has 1 aliphatic heterocycles. The highest BCUT2D eigenvalue weighted by molar-refractivity contribution is 6.25. The zero-order valence-corrected chi connectivity index (χ0v) is 9.69. The zero-order chi connectivity index (χ0) is 12.9. The minimum Gasteiger partial charge on any atom is -0.321 e. The van der Waals surface area contributed by atoms with Gasteiger partial charge in [-0.25, -0.2) is 0 Å². The minimum atomic E-state index is -0.412. The molecule has 90 valence electrons. The van der Waals surface area contributed by atoms with Crippen LogP contribution >= 0.6 is 0 Å². The molecule has 3 rings (SSSR count). The lowest BCUT2D eigenvalue weighted by atomic mass is 9.99. The van der Waals surface area contributed by atoms with Gasteiger partial charge in [0.15, 0.2) is 0 Å². The fourth-order valence-electron chi connectivity index (χ4n) is 2.37. The lowest BCUT2D eigenvalue weighted by Crippen LogP contribution is -2.04. The molecule has 0 bridgehead atoms. The quantitative estimate of drug-likeness (QED) is 0.650. The lowest BCUT2D eigenvalue weighted by molar-refractivity contribution is -0.383. The van der Waals surface area contributed by atoms with Gasteiger partial charge in [-0.15, -0.1) is 0 Å². The van der Waals surface area contributed by atoms with Crippen LogP contribution in [0.5, 0.6) is 0 Å². The van der Waals surface area contributed by atoms with Crippen LogP contribution in [0.4, 0.5) is 11.4 Å². The normalized spacial score (nSPS) is 12.8. The fraction of sp³-hybridized carbons (Fsp3) is 0.154. The number of carbonyl (C=O) groups is 1. The second-order valence-electron chi connectivity index (χ2n) is 4.26. The van der Waals surface area contributed by atoms with Gasteiger partial charge in [0.05, 0.1) is 21.6 Å². The number of nitro groups is 1. The number of anilines is 1. The summed E-state index contributed by atoms with van der Waals surface area (Å²) in [7, 11) is 0. The van der Waals surface area contributed by atoms with E-state index in [-0.39, 0.29) is 11.6 Å². The Morgan fingerprint density at radius 1 is 1.33 bits per heavy atom. The van der Waals surface area contributed by atoms with E-state index in [1.165, 1.54) is 6.07 Å². The van der Waals surface area contributed by atoms with Crippen molar-refractivity contribution < 1.29 is 9.72 Å². The summed E-state index contributed by atoms with van der Waals surface area (Å²) in [6, 6.07) is 6.62. The summed E-state index contributed by atoms with van der Waals surface area (Å²) in [5, 5.41) is 15.0. The molecule has 1 heterocycles. The molecule has 0 radical (unpaired) electrons. The van der Waals surface area contributed by atoms with Gasteiger partial charge in [-0.05, 0) is 30.2 Å². The molecule has 1 amide bonds. The lowest BCUT2D eigenvalue weighted by Gasteiger charge is -2.04. The third kappa shape index (κ3) is 1.30. The molecule has 0 aromatic heterocycles. The Balaban J connectivity index is 2.48. The van der Waals surface area contributed by atoms with Crippen LogP contribution in [0.3, 0.4) is 0 Å². The van der Waals surface area contributed by atoms with Gasteiger partial charge in [-0.1, -0.05) is 6.92 Å². The van der Waals surface area contributed by atoms with Crippen LogP contribution in [0.25, 0.3) is 10.8 Å². The number of carbonyl (C=O) groups excluding carboxylic acids is 1. The van der Waals surface area contributed by atoms with Gasteiger partial charge in [-0.3, -0.25) is 14.9 Å². The Kier molecular flexibility index (Phi) is 2.10. The molecule has 1 N–H and O–H groups in total. The molecule has 2 aromatic rings. The molecule has 0 saturated carbocycles. The SMILES string of the molecule is CCc1cc2c3c(ccc([N+](=O)[O-])c3c1)NC2=O. The first kappa shape index (κ1) is 10.7. The average Bonchev–Trinajstić information content (AvgIpc) is 2.67. The van der Waals surface area contributed by atoms with Crippen molar-refractivity contribution in [3.05, 3.63) is 45.5 Å². The fourth-order valence-corrected chi connectivity index (χ4v) is 2.37. The highest BCUT2D eigenvalue weighted by Crippen LogP contribution is 2.38. The number of hydrogen-bond acceptors (Lipinski definition) is 3. The number of nitro benzene ring substituents is 1. The van der Waals surface area contributed by atoms with E-state index in [2.05, 4.69) is 5.32 Å². The predicted octanol–water partition coefficient (Wildman–Crippen LogP) is 2.88. The van der Waals surface area contributed by atoms with E-state index in [1.54, 1.807) is 18.2 Å². The Bertz CT molecular complexity index is 707. The van der Waals surface area contributed by atoms with E-state index in [9.17, 15) is 14.9 Å². The molecule has 5 nitrogen and oxygen atoms in total. The highest BCUT2D eigenvalue weighted by atomic mass is 16.6. The Morgan fingerprint density at radius 2 is 2.11 bits per heavy atom. The van der Waals surface area contributed by atoms with Crippen molar-refractivity contribution in [2.75, 3.05) is 5.32 Å². The maximum absolute atomic E-state index is 11.8. The van der Waals surface area contributed by atoms with Crippen molar-refractivity contribution >= 4 is 28.1 Å². The molecule has 0 saturated heterocycles. The Hall–Kier alpha value is -2.43. The van der Waals surface area contributed by atoms with Gasteiger partial charge < -0.3 is 5.32 Å². The zero-order valence-electron chi connectivity index (χ0n) is 9.69. The van der Waals surface area contributed by atoms with Gasteiger partial charge in [0.1, 0.15) is 0 Å². The van der Waals surface area contributed by atoms with Crippen molar-refractivity contribution in [1.29, 1.82) is 0 Å². The van der Waals surface area contributed by atoms with Crippen molar-refractivity contribution in [2.45, 2.75) is 13.3 Å². The molecule has 1 aliphatic rings. The molecule has 0 spiro atoms. The Labute approximate surface area is 103 Å². The van der Waals surface area contributed by atoms with Crippen LogP contribution in [-0.4, -0.2) is 10.8 Å². The standard InChI is InChI=1S/C13H10N2O3/c1-2-7-5-8-11(15(17)18)4-3-10-12(8)9(6-7)13(16)14-10/h3-6H,2H2,1H3,(H,14,16). The first-order chi connectivity index (χ1) is 8.61. The number of amides is 1. The van der Waals surface area contributed by atoms with Crippen LogP contribution in [0, 0.1) is 10.1 Å². The van der Waals surface area contributed by atoms with E-state index in [1.807, 2.05) is 6.92 Å². The third-order valence-corrected chi connectivity index (χ3v) is 3.25. The van der Waals surface area contributed by atoms with Gasteiger partial charge >= 0.3 is 0 Å². The number of nitrogens with one attached hydrogen (secondary N) is 1. The average molecular weight is 242 g/mol. The number of hydrogen-bond donors (Lipinski definition) is 1. The highest BCUT2D eigenvalue weighted by Gasteiger charge is 2.26. The number of benzene rings is 2. The second-order valence-corrected chi connectivity index (χ2v) is 4.26. The third-order valence-electron chi connectivity index (χ3n) is 3.25. The van der Waals surface area contributed by atoms with Gasteiger partial charge in [-0.2, -0.15) is 0 Å². The summed E-state index contributed by atoms with van der Waals surface area (Å²) in [4.78, 5) is 22.4. The van der Waals surface area contributed by atoms with Gasteiger partial charge in [0, 0.05) is 11.5 Å². The first-order valence-corrected chi connectivity index (χ1v) is 5.67. The smallest absolute Gasteiger partial charge is 0.277 e. The molecule has 18 heavy (non-hydrogen) atoms. The number of rotatable bonds is 2. The predicted molar refractivity (Wildman–Crippen MR) is 67.9 cm³/mol. The second kappa shape index (κ2) is 3.53. The van der Waals surface area contributed by atoms with Crippen molar-refractivity contribution in [3.63, 3.8) is 0 Å². The van der Waals surface area contributed by atoms with Crippen LogP contribution in [0.15, 0.2) is 24.3 Å². The van der Waals surface area contributed by atoms with E-state index in [0.717, 1.165) is 12.0 Å². The molecular formula is C13H10N2O3. The monoisotopic (exact) mass is 242 g/mol. The summed E-state index contributed by atoms with van der Waals surface area (Å²) < 4.78 is 0. The largest absolute Gasteiger partial charge is 0.321 e. The van der Waals surface area contributed by atoms with Crippen LogP contribution in [0.1, 0.15) is 22.8 Å². The summed E-state index contributed by atoms with van der Waals surface area (Å²) in [5.41, 5.74) is 2.15. The summed E-state index contributed by atoms with van der Waals surface area (Å²) in [5.74, 6) is -0.189.